The molecular weight excluding hydrogens is 476 g/mol. The van der Waals surface area contributed by atoms with Gasteiger partial charge in [0.1, 0.15) is 5.75 Å². The third-order valence-electron chi connectivity index (χ3n) is 5.12. The van der Waals surface area contributed by atoms with Gasteiger partial charge in [0, 0.05) is 30.1 Å². The summed E-state index contributed by atoms with van der Waals surface area (Å²) in [5.74, 6) is -3.01. The Bertz CT molecular complexity index is 951. The maximum atomic E-state index is 12.5. The van der Waals surface area contributed by atoms with Crippen molar-refractivity contribution in [2.75, 3.05) is 12.3 Å². The second kappa shape index (κ2) is 14.1. The molecule has 1 aliphatic rings. The molecule has 2 N–H and O–H groups in total. The molecule has 198 valence electrons. The van der Waals surface area contributed by atoms with Crippen LogP contribution >= 0.6 is 0 Å². The smallest absolute Gasteiger partial charge is 0.320 e. The Balaban J connectivity index is 2.44. The van der Waals surface area contributed by atoms with E-state index in [-0.39, 0.29) is 42.9 Å². The van der Waals surface area contributed by atoms with E-state index in [4.69, 9.17) is 29.4 Å². The molecule has 0 radical (unpaired) electrons. The molecule has 4 atom stereocenters. The highest BCUT2D eigenvalue weighted by Gasteiger charge is 2.49. The summed E-state index contributed by atoms with van der Waals surface area (Å²) in [4.78, 5) is 60.0. The lowest BCUT2D eigenvalue weighted by Gasteiger charge is -2.40. The fourth-order valence-corrected chi connectivity index (χ4v) is 3.47. The molecule has 12 nitrogen and oxygen atoms in total. The summed E-state index contributed by atoms with van der Waals surface area (Å²) in [6.07, 6.45) is -3.29. The normalized spacial score (nSPS) is 21.2. The van der Waals surface area contributed by atoms with Crippen LogP contribution in [0.1, 0.15) is 69.7 Å². The lowest BCUT2D eigenvalue weighted by Crippen LogP contribution is -2.59. The number of nitrogen functional groups attached to an aromatic ring is 1. The van der Waals surface area contributed by atoms with E-state index in [0.29, 0.717) is 19.3 Å². The summed E-state index contributed by atoms with van der Waals surface area (Å²) >= 11 is 0. The van der Waals surface area contributed by atoms with Crippen molar-refractivity contribution in [3.05, 3.63) is 28.7 Å². The zero-order valence-electron chi connectivity index (χ0n) is 20.6. The quantitative estimate of drug-likeness (QED) is 0.190. The van der Waals surface area contributed by atoms with Gasteiger partial charge in [-0.15, -0.1) is 4.91 Å². The summed E-state index contributed by atoms with van der Waals surface area (Å²) in [5, 5.41) is 2.40. The van der Waals surface area contributed by atoms with E-state index >= 15 is 0 Å². The third-order valence-corrected chi connectivity index (χ3v) is 5.12. The molecule has 1 amide bonds. The second-order valence-corrected chi connectivity index (χ2v) is 8.16. The number of amides is 1. The summed E-state index contributed by atoms with van der Waals surface area (Å²) in [5.41, 5.74) is 5.66. The second-order valence-electron chi connectivity index (χ2n) is 8.16. The topological polar surface area (TPSA) is 170 Å². The van der Waals surface area contributed by atoms with Crippen molar-refractivity contribution < 1.29 is 42.9 Å². The number of carbonyl (C=O) groups excluding carboxylic acids is 4. The van der Waals surface area contributed by atoms with Crippen LogP contribution in [0.25, 0.3) is 0 Å². The number of ether oxygens (including phenoxy) is 5. The molecule has 36 heavy (non-hydrogen) atoms. The molecule has 0 bridgehead atoms. The number of hydrogen-bond acceptors (Lipinski definition) is 11. The molecular formula is C24H32N2O10. The number of carbonyl (C=O) groups is 4. The largest absolute Gasteiger partial charge is 0.460 e. The zero-order chi connectivity index (χ0) is 26.7. The van der Waals surface area contributed by atoms with Crippen LogP contribution in [-0.4, -0.2) is 55.0 Å². The van der Waals surface area contributed by atoms with Crippen LogP contribution in [0.2, 0.25) is 0 Å². The molecule has 0 aliphatic carbocycles. The first-order valence-corrected chi connectivity index (χ1v) is 11.9. The lowest BCUT2D eigenvalue weighted by molar-refractivity contribution is -0.261. The van der Waals surface area contributed by atoms with Crippen LogP contribution in [0, 0.1) is 4.91 Å². The number of benzene rings is 1. The molecule has 1 aromatic carbocycles. The Kier molecular flexibility index (Phi) is 11.3. The minimum Gasteiger partial charge on any atom is -0.460 e. The summed E-state index contributed by atoms with van der Waals surface area (Å²) < 4.78 is 28.2. The van der Waals surface area contributed by atoms with Gasteiger partial charge in [0.2, 0.25) is 12.4 Å². The van der Waals surface area contributed by atoms with Crippen LogP contribution in [0.4, 0.5) is 5.69 Å². The Morgan fingerprint density at radius 1 is 0.917 bits per heavy atom. The van der Waals surface area contributed by atoms with Gasteiger partial charge >= 0.3 is 23.8 Å². The number of nitrogens with zero attached hydrogens (tertiary/aromatic N) is 1. The maximum absolute atomic E-state index is 12.5. The van der Waals surface area contributed by atoms with E-state index in [1.807, 2.05) is 0 Å². The van der Waals surface area contributed by atoms with Crippen molar-refractivity contribution in [1.82, 2.24) is 0 Å². The van der Waals surface area contributed by atoms with Gasteiger partial charge in [0.05, 0.1) is 12.2 Å². The molecule has 12 heteroatoms. The fourth-order valence-electron chi connectivity index (χ4n) is 3.47. The van der Waals surface area contributed by atoms with E-state index in [2.05, 4.69) is 5.18 Å². The molecule has 1 aliphatic heterocycles. The van der Waals surface area contributed by atoms with Gasteiger partial charge in [-0.3, -0.25) is 19.2 Å². The molecule has 0 saturated carbocycles. The van der Waals surface area contributed by atoms with E-state index < -0.39 is 48.4 Å². The van der Waals surface area contributed by atoms with Crippen molar-refractivity contribution in [2.24, 2.45) is 5.18 Å². The molecule has 0 spiro atoms. The van der Waals surface area contributed by atoms with Crippen LogP contribution < -0.4 is 10.5 Å². The highest BCUT2D eigenvalue weighted by molar-refractivity contribution is 5.98. The highest BCUT2D eigenvalue weighted by Crippen LogP contribution is 2.30. The third kappa shape index (κ3) is 8.01. The van der Waals surface area contributed by atoms with Crippen LogP contribution in [-0.2, 0) is 33.3 Å². The van der Waals surface area contributed by atoms with Gasteiger partial charge in [-0.2, -0.15) is 0 Å². The number of nitroso groups, excluding NO2 is 1. The number of anilines is 1. The van der Waals surface area contributed by atoms with E-state index in [0.717, 1.165) is 0 Å². The maximum Gasteiger partial charge on any atom is 0.320 e. The first kappa shape index (κ1) is 28.7. The highest BCUT2D eigenvalue weighted by atomic mass is 16.7. The molecule has 1 unspecified atom stereocenters. The molecule has 1 aromatic rings. The predicted octanol–water partition coefficient (Wildman–Crippen LogP) is 3.05. The van der Waals surface area contributed by atoms with Gasteiger partial charge in [0.15, 0.2) is 12.2 Å². The van der Waals surface area contributed by atoms with Crippen molar-refractivity contribution >= 4 is 29.5 Å². The fraction of sp³-hybridized carbons (Fsp3) is 0.583. The molecule has 1 fully saturated rings. The first-order valence-electron chi connectivity index (χ1n) is 11.9. The van der Waals surface area contributed by atoms with E-state index in [1.165, 1.54) is 18.2 Å². The Hall–Kier alpha value is -3.54. The van der Waals surface area contributed by atoms with Crippen LogP contribution in [0.5, 0.6) is 5.75 Å². The predicted molar refractivity (Wildman–Crippen MR) is 126 cm³/mol. The van der Waals surface area contributed by atoms with Gasteiger partial charge in [0.25, 0.3) is 0 Å². The Labute approximate surface area is 208 Å². The average Bonchev–Trinajstić information content (AvgIpc) is 2.83. The van der Waals surface area contributed by atoms with E-state index in [1.54, 1.807) is 20.8 Å². The Morgan fingerprint density at radius 3 is 2.03 bits per heavy atom. The number of nitrogens with two attached hydrogens (primary N) is 1. The summed E-state index contributed by atoms with van der Waals surface area (Å²) in [6, 6.07) is 3.95. The number of esters is 3. The minimum atomic E-state index is -1.38. The van der Waals surface area contributed by atoms with Gasteiger partial charge in [-0.25, -0.2) is 0 Å². The van der Waals surface area contributed by atoms with Gasteiger partial charge in [-0.1, -0.05) is 20.8 Å². The van der Waals surface area contributed by atoms with E-state index in [9.17, 15) is 24.1 Å². The molecule has 1 heterocycles. The average molecular weight is 509 g/mol. The Morgan fingerprint density at radius 2 is 1.47 bits per heavy atom. The monoisotopic (exact) mass is 508 g/mol. The first-order chi connectivity index (χ1) is 17.2. The van der Waals surface area contributed by atoms with Crippen molar-refractivity contribution in [3.63, 3.8) is 0 Å². The minimum absolute atomic E-state index is 0.0554. The summed E-state index contributed by atoms with van der Waals surface area (Å²) in [7, 11) is 0. The van der Waals surface area contributed by atoms with Crippen molar-refractivity contribution in [3.8, 4) is 5.75 Å². The SMILES string of the molecule is CCCC(=O)O[C@H]1[C@H](OC(=O)CCC)COC(Oc2ccc(N)cc2C(=O)N=O)[C@@H]1OC(=O)CCC. The van der Waals surface area contributed by atoms with Gasteiger partial charge in [-0.05, 0) is 37.5 Å². The molecule has 2 rings (SSSR count). The van der Waals surface area contributed by atoms with Crippen LogP contribution in [0.3, 0.4) is 0 Å². The standard InChI is InChI=1S/C24H32N2O10/c1-4-7-18(27)33-17-13-32-24(34-16-11-10-14(25)12-15(16)23(30)26-31)22(36-20(29)9-6-3)21(17)35-19(28)8-5-2/h10-12,17,21-22,24H,4-9,13,25H2,1-3H3/t17-,21+,22-,24?/m1/s1. The lowest BCUT2D eigenvalue weighted by atomic mass is 10.0. The zero-order valence-corrected chi connectivity index (χ0v) is 20.6. The van der Waals surface area contributed by atoms with Crippen molar-refractivity contribution in [2.45, 2.75) is 83.9 Å². The summed E-state index contributed by atoms with van der Waals surface area (Å²) in [6.45, 7) is 5.11. The molecule has 1 saturated heterocycles. The molecule has 0 aromatic heterocycles. The number of rotatable bonds is 12. The van der Waals surface area contributed by atoms with Gasteiger partial charge < -0.3 is 29.4 Å². The number of hydrogen-bond donors (Lipinski definition) is 1. The van der Waals surface area contributed by atoms with Crippen molar-refractivity contribution in [1.29, 1.82) is 0 Å². The van der Waals surface area contributed by atoms with Crippen LogP contribution in [0.15, 0.2) is 23.4 Å².